The quantitative estimate of drug-likeness (QED) is 0.580. The topological polar surface area (TPSA) is 89.8 Å². The van der Waals surface area contributed by atoms with Gasteiger partial charge in [0.15, 0.2) is 12.1 Å². The highest BCUT2D eigenvalue weighted by Crippen LogP contribution is 2.26. The predicted octanol–water partition coefficient (Wildman–Crippen LogP) is 1.00. The number of amidine groups is 2. The third-order valence-corrected chi connectivity index (χ3v) is 3.03. The van der Waals surface area contributed by atoms with Gasteiger partial charge in [0, 0.05) is 0 Å². The van der Waals surface area contributed by atoms with Crippen LogP contribution < -0.4 is 11.2 Å². The first-order valence-electron chi connectivity index (χ1n) is 5.49. The Morgan fingerprint density at radius 1 is 1.65 bits per heavy atom. The van der Waals surface area contributed by atoms with Gasteiger partial charge in [-0.25, -0.2) is 20.8 Å². The standard InChI is InChI=1S/C10H17ClN6/c1-4-10(3,6-12)7-15-8(11)17(13)9(16-7)14-5-2/h9,14H,4-5,13H2,1-3H3. The highest BCUT2D eigenvalue weighted by atomic mass is 35.5. The zero-order valence-corrected chi connectivity index (χ0v) is 11.0. The van der Waals surface area contributed by atoms with Crippen LogP contribution in [0.5, 0.6) is 0 Å². The molecule has 17 heavy (non-hydrogen) atoms. The van der Waals surface area contributed by atoms with Crippen molar-refractivity contribution in [2.24, 2.45) is 21.2 Å². The number of aliphatic imine (C=N–C) groups is 2. The zero-order valence-electron chi connectivity index (χ0n) is 10.2. The van der Waals surface area contributed by atoms with Gasteiger partial charge in [-0.15, -0.1) is 0 Å². The molecule has 0 fully saturated rings. The number of hydrogen-bond acceptors (Lipinski definition) is 6. The molecule has 94 valence electrons. The van der Waals surface area contributed by atoms with Crippen LogP contribution in [0.2, 0.25) is 0 Å². The average molecular weight is 257 g/mol. The fourth-order valence-corrected chi connectivity index (χ4v) is 1.51. The summed E-state index contributed by atoms with van der Waals surface area (Å²) < 4.78 is 0. The van der Waals surface area contributed by atoms with Crippen molar-refractivity contribution in [3.8, 4) is 6.07 Å². The summed E-state index contributed by atoms with van der Waals surface area (Å²) in [5.74, 6) is 6.13. The van der Waals surface area contributed by atoms with Gasteiger partial charge < -0.3 is 0 Å². The van der Waals surface area contributed by atoms with Crippen molar-refractivity contribution in [2.45, 2.75) is 33.5 Å². The number of hydrazine groups is 1. The predicted molar refractivity (Wildman–Crippen MR) is 68.2 cm³/mol. The lowest BCUT2D eigenvalue weighted by molar-refractivity contribution is 0.279. The molecular formula is C10H17ClN6. The molecule has 0 saturated carbocycles. The van der Waals surface area contributed by atoms with Crippen LogP contribution in [0.4, 0.5) is 0 Å². The van der Waals surface area contributed by atoms with Gasteiger partial charge >= 0.3 is 0 Å². The van der Waals surface area contributed by atoms with E-state index in [-0.39, 0.29) is 5.29 Å². The summed E-state index contributed by atoms with van der Waals surface area (Å²) in [6.45, 7) is 6.32. The maximum atomic E-state index is 9.20. The van der Waals surface area contributed by atoms with Crippen molar-refractivity contribution in [3.05, 3.63) is 0 Å². The molecule has 0 aromatic rings. The molecule has 0 aromatic heterocycles. The minimum atomic E-state index is -0.741. The van der Waals surface area contributed by atoms with E-state index < -0.39 is 11.7 Å². The number of hydrogen-bond donors (Lipinski definition) is 2. The molecular weight excluding hydrogens is 240 g/mol. The van der Waals surface area contributed by atoms with E-state index in [9.17, 15) is 5.26 Å². The summed E-state index contributed by atoms with van der Waals surface area (Å²) in [6, 6.07) is 2.21. The third kappa shape index (κ3) is 2.75. The van der Waals surface area contributed by atoms with E-state index in [1.54, 1.807) is 6.92 Å². The molecule has 0 spiro atoms. The van der Waals surface area contributed by atoms with Crippen LogP contribution in [0.1, 0.15) is 27.2 Å². The highest BCUT2D eigenvalue weighted by molar-refractivity contribution is 6.65. The highest BCUT2D eigenvalue weighted by Gasteiger charge is 2.34. The first-order valence-corrected chi connectivity index (χ1v) is 5.87. The summed E-state index contributed by atoms with van der Waals surface area (Å²) in [4.78, 5) is 8.41. The minimum Gasteiger partial charge on any atom is -0.278 e. The number of nitriles is 1. The van der Waals surface area contributed by atoms with Gasteiger partial charge in [0.05, 0.1) is 6.07 Å². The van der Waals surface area contributed by atoms with Crippen molar-refractivity contribution < 1.29 is 0 Å². The Balaban J connectivity index is 3.08. The number of rotatable bonds is 4. The fraction of sp³-hybridized carbons (Fsp3) is 0.700. The van der Waals surface area contributed by atoms with Crippen LogP contribution in [0.3, 0.4) is 0 Å². The lowest BCUT2D eigenvalue weighted by Crippen LogP contribution is -2.53. The van der Waals surface area contributed by atoms with E-state index >= 15 is 0 Å². The molecule has 1 aliphatic rings. The Kier molecular flexibility index (Phi) is 4.46. The fourth-order valence-electron chi connectivity index (χ4n) is 1.33. The van der Waals surface area contributed by atoms with E-state index in [1.807, 2.05) is 13.8 Å². The van der Waals surface area contributed by atoms with E-state index in [0.29, 0.717) is 18.8 Å². The van der Waals surface area contributed by atoms with Crippen molar-refractivity contribution in [1.82, 2.24) is 10.3 Å². The zero-order chi connectivity index (χ0) is 13.1. The molecule has 0 saturated heterocycles. The van der Waals surface area contributed by atoms with Crippen LogP contribution in [0.15, 0.2) is 9.98 Å². The summed E-state index contributed by atoms with van der Waals surface area (Å²) in [5.41, 5.74) is -0.741. The van der Waals surface area contributed by atoms with Crippen LogP contribution in [0, 0.1) is 16.7 Å². The van der Waals surface area contributed by atoms with E-state index in [4.69, 9.17) is 17.4 Å². The summed E-state index contributed by atoms with van der Waals surface area (Å²) in [5, 5.41) is 13.6. The summed E-state index contributed by atoms with van der Waals surface area (Å²) in [7, 11) is 0. The van der Waals surface area contributed by atoms with Crippen LogP contribution in [-0.4, -0.2) is 29.0 Å². The molecule has 3 N–H and O–H groups in total. The SMILES string of the molecule is CCNC1N=C(C(C)(C#N)CC)N=C(Cl)N1N. The molecule has 0 radical (unpaired) electrons. The number of halogens is 1. The van der Waals surface area contributed by atoms with Gasteiger partial charge in [-0.05, 0) is 31.5 Å². The smallest absolute Gasteiger partial charge is 0.217 e. The molecule has 1 aliphatic heterocycles. The molecule has 0 bridgehead atoms. The Morgan fingerprint density at radius 2 is 2.29 bits per heavy atom. The number of nitrogens with zero attached hydrogens (tertiary/aromatic N) is 4. The van der Waals surface area contributed by atoms with E-state index in [1.165, 1.54) is 5.01 Å². The normalized spacial score (nSPS) is 23.5. The molecule has 6 nitrogen and oxygen atoms in total. The lowest BCUT2D eigenvalue weighted by Gasteiger charge is -2.31. The van der Waals surface area contributed by atoms with Crippen molar-refractivity contribution in [3.63, 3.8) is 0 Å². The molecule has 1 heterocycles. The van der Waals surface area contributed by atoms with Gasteiger partial charge in [0.1, 0.15) is 5.41 Å². The second kappa shape index (κ2) is 5.45. The molecule has 0 aromatic carbocycles. The van der Waals surface area contributed by atoms with E-state index in [0.717, 1.165) is 0 Å². The van der Waals surface area contributed by atoms with Gasteiger partial charge in [0.2, 0.25) is 5.29 Å². The Morgan fingerprint density at radius 3 is 2.76 bits per heavy atom. The second-order valence-corrected chi connectivity index (χ2v) is 4.31. The molecule has 0 amide bonds. The third-order valence-electron chi connectivity index (χ3n) is 2.75. The number of nitrogens with one attached hydrogen (secondary N) is 1. The molecule has 2 unspecified atom stereocenters. The molecule has 0 aliphatic carbocycles. The maximum Gasteiger partial charge on any atom is 0.217 e. The first-order chi connectivity index (χ1) is 7.98. The average Bonchev–Trinajstić information content (AvgIpc) is 2.34. The summed E-state index contributed by atoms with van der Waals surface area (Å²) >= 11 is 5.93. The minimum absolute atomic E-state index is 0.135. The van der Waals surface area contributed by atoms with Crippen LogP contribution in [-0.2, 0) is 0 Å². The summed E-state index contributed by atoms with van der Waals surface area (Å²) in [6.07, 6.45) is 0.138. The Hall–Kier alpha value is -1.16. The van der Waals surface area contributed by atoms with Crippen molar-refractivity contribution in [1.29, 1.82) is 5.26 Å². The maximum absolute atomic E-state index is 9.20. The van der Waals surface area contributed by atoms with Crippen molar-refractivity contribution in [2.75, 3.05) is 6.54 Å². The lowest BCUT2D eigenvalue weighted by atomic mass is 9.88. The van der Waals surface area contributed by atoms with Crippen LogP contribution >= 0.6 is 11.6 Å². The Bertz CT molecular complexity index is 385. The molecule has 7 heteroatoms. The van der Waals surface area contributed by atoms with Crippen LogP contribution in [0.25, 0.3) is 0 Å². The number of nitrogens with two attached hydrogens (primary N) is 1. The monoisotopic (exact) mass is 256 g/mol. The first kappa shape index (κ1) is 13.9. The van der Waals surface area contributed by atoms with Crippen molar-refractivity contribution >= 4 is 22.7 Å². The van der Waals surface area contributed by atoms with Gasteiger partial charge in [-0.2, -0.15) is 5.26 Å². The van der Waals surface area contributed by atoms with Gasteiger partial charge in [-0.3, -0.25) is 5.32 Å². The second-order valence-electron chi connectivity index (χ2n) is 3.97. The van der Waals surface area contributed by atoms with Gasteiger partial charge in [-0.1, -0.05) is 13.8 Å². The Labute approximate surface area is 106 Å². The largest absolute Gasteiger partial charge is 0.278 e. The van der Waals surface area contributed by atoms with E-state index in [2.05, 4.69) is 21.4 Å². The van der Waals surface area contributed by atoms with Gasteiger partial charge in [0.25, 0.3) is 0 Å². The molecule has 2 atom stereocenters. The molecule has 1 rings (SSSR count).